The lowest BCUT2D eigenvalue weighted by Gasteiger charge is -2.10. The standard InChI is InChI=1S/C51H31N3O2/c1-3-11-32(12-4-1)34-21-23-35(24-22-34)40-18-10-20-45-48(40)43-28-26-39(31-47(43)56-45)51-53-49(37-16-9-15-36(29-37)33-13-5-2-6-14-33)52-50(54-51)38-25-27-42-41-17-7-8-19-44(41)55-46(42)30-38/h1-31H/i10D,18D,20D,26D,28D,31D. The van der Waals surface area contributed by atoms with Crippen molar-refractivity contribution in [2.75, 3.05) is 0 Å². The van der Waals surface area contributed by atoms with Crippen LogP contribution in [0.1, 0.15) is 8.22 Å². The largest absolute Gasteiger partial charge is 0.456 e. The van der Waals surface area contributed by atoms with Gasteiger partial charge in [0.15, 0.2) is 17.5 Å². The molecule has 11 aromatic rings. The van der Waals surface area contributed by atoms with Gasteiger partial charge in [0.05, 0.1) is 8.22 Å². The molecule has 0 fully saturated rings. The Morgan fingerprint density at radius 3 is 1.71 bits per heavy atom. The van der Waals surface area contributed by atoms with Gasteiger partial charge >= 0.3 is 0 Å². The average Bonchev–Trinajstić information content (AvgIpc) is 3.90. The average molecular weight is 724 g/mol. The predicted octanol–water partition coefficient (Wildman–Crippen LogP) is 13.7. The van der Waals surface area contributed by atoms with E-state index in [1.165, 1.54) is 0 Å². The summed E-state index contributed by atoms with van der Waals surface area (Å²) in [4.78, 5) is 14.7. The highest BCUT2D eigenvalue weighted by molar-refractivity contribution is 6.13. The molecule has 0 N–H and O–H groups in total. The van der Waals surface area contributed by atoms with Gasteiger partial charge in [0.25, 0.3) is 0 Å². The molecule has 8 aromatic carbocycles. The predicted molar refractivity (Wildman–Crippen MR) is 227 cm³/mol. The molecular weight excluding hydrogens is 687 g/mol. The third-order valence-corrected chi connectivity index (χ3v) is 10.1. The molecule has 0 aliphatic rings. The van der Waals surface area contributed by atoms with Crippen molar-refractivity contribution in [1.29, 1.82) is 0 Å². The number of fused-ring (bicyclic) bond motifs is 6. The molecule has 0 radical (unpaired) electrons. The summed E-state index contributed by atoms with van der Waals surface area (Å²) < 4.78 is 67.8. The van der Waals surface area contributed by atoms with E-state index in [9.17, 15) is 4.11 Å². The maximum absolute atomic E-state index is 9.62. The van der Waals surface area contributed by atoms with Crippen LogP contribution < -0.4 is 0 Å². The van der Waals surface area contributed by atoms with Crippen molar-refractivity contribution in [3.8, 4) is 67.5 Å². The lowest BCUT2D eigenvalue weighted by Crippen LogP contribution is -2.00. The molecule has 5 heteroatoms. The number of benzene rings is 8. The van der Waals surface area contributed by atoms with Gasteiger partial charge in [-0.25, -0.2) is 15.0 Å². The number of hydrogen-bond donors (Lipinski definition) is 0. The Morgan fingerprint density at radius 1 is 0.357 bits per heavy atom. The second-order valence-electron chi connectivity index (χ2n) is 13.5. The molecular formula is C51H31N3O2. The van der Waals surface area contributed by atoms with Gasteiger partial charge < -0.3 is 8.83 Å². The topological polar surface area (TPSA) is 65.0 Å². The normalized spacial score (nSPS) is 13.1. The number of rotatable bonds is 6. The van der Waals surface area contributed by atoms with Crippen LogP contribution in [0.3, 0.4) is 0 Å². The van der Waals surface area contributed by atoms with E-state index < -0.39 is 0 Å². The van der Waals surface area contributed by atoms with Crippen LogP contribution in [0.4, 0.5) is 0 Å². The van der Waals surface area contributed by atoms with Gasteiger partial charge in [-0.05, 0) is 75.8 Å². The summed E-state index contributed by atoms with van der Waals surface area (Å²) >= 11 is 0. The Kier molecular flexibility index (Phi) is 6.10. The Bertz CT molecular complexity index is 3590. The number of nitrogens with zero attached hydrogens (tertiary/aromatic N) is 3. The van der Waals surface area contributed by atoms with Gasteiger partial charge in [0, 0.05) is 38.2 Å². The maximum Gasteiger partial charge on any atom is 0.164 e. The van der Waals surface area contributed by atoms with E-state index in [2.05, 4.69) is 0 Å². The summed E-state index contributed by atoms with van der Waals surface area (Å²) in [6, 6.07) is 46.8. The van der Waals surface area contributed by atoms with Crippen LogP contribution in [-0.2, 0) is 0 Å². The zero-order chi connectivity index (χ0) is 42.2. The van der Waals surface area contributed by atoms with Crippen LogP contribution in [0.5, 0.6) is 0 Å². The van der Waals surface area contributed by atoms with Gasteiger partial charge in [0.2, 0.25) is 0 Å². The fraction of sp³-hybridized carbons (Fsp3) is 0. The lowest BCUT2D eigenvalue weighted by molar-refractivity contribution is 0.668. The Morgan fingerprint density at radius 2 is 0.929 bits per heavy atom. The molecule has 5 nitrogen and oxygen atoms in total. The monoisotopic (exact) mass is 723 g/mol. The zero-order valence-electron chi connectivity index (χ0n) is 35.6. The molecule has 0 saturated heterocycles. The molecule has 0 aliphatic carbocycles. The summed E-state index contributed by atoms with van der Waals surface area (Å²) in [6.45, 7) is 0. The first-order valence-corrected chi connectivity index (χ1v) is 18.2. The second-order valence-corrected chi connectivity index (χ2v) is 13.5. The van der Waals surface area contributed by atoms with Crippen LogP contribution in [0.25, 0.3) is 111 Å². The minimum Gasteiger partial charge on any atom is -0.456 e. The van der Waals surface area contributed by atoms with Crippen molar-refractivity contribution in [2.24, 2.45) is 0 Å². The van der Waals surface area contributed by atoms with Crippen molar-refractivity contribution < 1.29 is 17.1 Å². The first-order valence-electron chi connectivity index (χ1n) is 21.2. The van der Waals surface area contributed by atoms with Gasteiger partial charge in [-0.2, -0.15) is 0 Å². The molecule has 0 saturated carbocycles. The van der Waals surface area contributed by atoms with Crippen LogP contribution in [0, 0.1) is 0 Å². The van der Waals surface area contributed by atoms with Crippen LogP contribution >= 0.6 is 0 Å². The van der Waals surface area contributed by atoms with Gasteiger partial charge in [-0.1, -0.05) is 146 Å². The van der Waals surface area contributed by atoms with E-state index in [4.69, 9.17) is 27.9 Å². The first kappa shape index (κ1) is 26.2. The zero-order valence-corrected chi connectivity index (χ0v) is 29.6. The molecule has 0 spiro atoms. The van der Waals surface area contributed by atoms with E-state index in [1.807, 2.05) is 152 Å². The van der Waals surface area contributed by atoms with Gasteiger partial charge in [-0.3, -0.25) is 0 Å². The van der Waals surface area contributed by atoms with Crippen LogP contribution in [0.2, 0.25) is 0 Å². The van der Waals surface area contributed by atoms with E-state index in [1.54, 1.807) is 0 Å². The molecule has 0 amide bonds. The SMILES string of the molecule is [2H]c1c([2H])c(-c2ccc(-c3ccccc3)cc2)c2c(oc3c([2H])c(-c4nc(-c5cccc(-c6ccccc6)c5)nc(-c5ccc6c(c5)oc5ccccc56)n4)c([2H])c([2H])c32)c1[2H]. The molecule has 56 heavy (non-hydrogen) atoms. The minimum absolute atomic E-state index is 0.0177. The van der Waals surface area contributed by atoms with E-state index in [0.717, 1.165) is 38.6 Å². The Balaban J connectivity index is 1.13. The molecule has 3 heterocycles. The van der Waals surface area contributed by atoms with Crippen molar-refractivity contribution >= 4 is 43.9 Å². The van der Waals surface area contributed by atoms with Crippen molar-refractivity contribution in [3.05, 3.63) is 188 Å². The number of furan rings is 2. The number of aromatic nitrogens is 3. The third-order valence-electron chi connectivity index (χ3n) is 10.1. The molecule has 3 aromatic heterocycles. The highest BCUT2D eigenvalue weighted by Crippen LogP contribution is 2.39. The summed E-state index contributed by atoms with van der Waals surface area (Å²) in [5, 5.41) is 2.23. The summed E-state index contributed by atoms with van der Waals surface area (Å²) in [6.07, 6.45) is 0. The molecule has 0 atom stereocenters. The summed E-state index contributed by atoms with van der Waals surface area (Å²) in [7, 11) is 0. The lowest BCUT2D eigenvalue weighted by atomic mass is 9.96. The summed E-state index contributed by atoms with van der Waals surface area (Å²) in [5.74, 6) is 0.533. The molecule has 11 rings (SSSR count). The van der Waals surface area contributed by atoms with Crippen molar-refractivity contribution in [1.82, 2.24) is 15.0 Å². The van der Waals surface area contributed by atoms with E-state index >= 15 is 0 Å². The van der Waals surface area contributed by atoms with Crippen molar-refractivity contribution in [3.63, 3.8) is 0 Å². The number of hydrogen-bond acceptors (Lipinski definition) is 5. The van der Waals surface area contributed by atoms with E-state index in [-0.39, 0.29) is 86.8 Å². The summed E-state index contributed by atoms with van der Waals surface area (Å²) in [5.41, 5.74) is 7.23. The quantitative estimate of drug-likeness (QED) is 0.171. The third kappa shape index (κ3) is 5.53. The maximum atomic E-state index is 9.62. The minimum atomic E-state index is -0.353. The highest BCUT2D eigenvalue weighted by Gasteiger charge is 2.18. The van der Waals surface area contributed by atoms with Crippen LogP contribution in [0.15, 0.2) is 197 Å². The molecule has 0 bridgehead atoms. The van der Waals surface area contributed by atoms with Crippen molar-refractivity contribution in [2.45, 2.75) is 0 Å². The Labute approximate surface area is 330 Å². The van der Waals surface area contributed by atoms with Gasteiger partial charge in [-0.15, -0.1) is 0 Å². The van der Waals surface area contributed by atoms with E-state index in [0.29, 0.717) is 22.3 Å². The fourth-order valence-corrected chi connectivity index (χ4v) is 7.32. The first-order chi connectivity index (χ1) is 30.2. The van der Waals surface area contributed by atoms with Gasteiger partial charge in [0.1, 0.15) is 22.3 Å². The molecule has 0 unspecified atom stereocenters. The molecule has 0 aliphatic heterocycles. The van der Waals surface area contributed by atoms with Crippen LogP contribution in [-0.4, -0.2) is 15.0 Å². The number of para-hydroxylation sites is 1. The molecule has 262 valence electrons. The highest BCUT2D eigenvalue weighted by atomic mass is 16.3. The smallest absolute Gasteiger partial charge is 0.164 e. The Hall–Kier alpha value is -7.63. The second kappa shape index (κ2) is 13.0. The fourth-order valence-electron chi connectivity index (χ4n) is 7.32.